The molecule has 2 heteroatoms. The molecule has 17 heavy (non-hydrogen) atoms. The van der Waals surface area contributed by atoms with Crippen LogP contribution in [0.3, 0.4) is 0 Å². The molecule has 0 aromatic carbocycles. The molecule has 0 bridgehead atoms. The van der Waals surface area contributed by atoms with Crippen molar-refractivity contribution < 1.29 is 9.47 Å². The minimum Gasteiger partial charge on any atom is -0.377 e. The average Bonchev–Trinajstić information content (AvgIpc) is 2.30. The molecule has 0 fully saturated rings. The summed E-state index contributed by atoms with van der Waals surface area (Å²) in [6.45, 7) is 15.8. The third kappa shape index (κ3) is 8.90. The predicted octanol–water partition coefficient (Wildman–Crippen LogP) is 3.75. The molecule has 0 saturated heterocycles. The standard InChI is InChI=1S/C15H26O2/c1-5-8-9-10-15(4,13-16-11-6-2)14-17-12-7-3/h5-7H,1-3,8-14H2,4H3. The van der Waals surface area contributed by atoms with E-state index < -0.39 is 0 Å². The second-order valence-corrected chi connectivity index (χ2v) is 4.60. The van der Waals surface area contributed by atoms with Crippen LogP contribution in [0.2, 0.25) is 0 Å². The molecule has 0 spiro atoms. The molecular formula is C15H26O2. The molecule has 0 N–H and O–H groups in total. The fourth-order valence-electron chi connectivity index (χ4n) is 1.64. The van der Waals surface area contributed by atoms with E-state index in [1.165, 1.54) is 0 Å². The Balaban J connectivity index is 4.07. The molecule has 0 amide bonds. The van der Waals surface area contributed by atoms with Gasteiger partial charge in [-0.05, 0) is 19.3 Å². The van der Waals surface area contributed by atoms with Gasteiger partial charge in [-0.3, -0.25) is 0 Å². The summed E-state index contributed by atoms with van der Waals surface area (Å²) in [5, 5.41) is 0. The maximum atomic E-state index is 5.56. The van der Waals surface area contributed by atoms with E-state index in [9.17, 15) is 0 Å². The molecule has 2 nitrogen and oxygen atoms in total. The van der Waals surface area contributed by atoms with E-state index >= 15 is 0 Å². The summed E-state index contributed by atoms with van der Waals surface area (Å²) in [7, 11) is 0. The quantitative estimate of drug-likeness (QED) is 0.381. The Morgan fingerprint density at radius 1 is 0.941 bits per heavy atom. The highest BCUT2D eigenvalue weighted by Gasteiger charge is 2.24. The van der Waals surface area contributed by atoms with Gasteiger partial charge in [-0.2, -0.15) is 0 Å². The van der Waals surface area contributed by atoms with Crippen molar-refractivity contribution in [1.29, 1.82) is 0 Å². The van der Waals surface area contributed by atoms with Crippen LogP contribution in [0.1, 0.15) is 26.2 Å². The van der Waals surface area contributed by atoms with Crippen molar-refractivity contribution in [1.82, 2.24) is 0 Å². The molecule has 0 aliphatic rings. The topological polar surface area (TPSA) is 18.5 Å². The molecule has 0 rings (SSSR count). The zero-order valence-electron chi connectivity index (χ0n) is 11.1. The van der Waals surface area contributed by atoms with E-state index in [1.54, 1.807) is 12.2 Å². The van der Waals surface area contributed by atoms with Gasteiger partial charge in [-0.25, -0.2) is 0 Å². The summed E-state index contributed by atoms with van der Waals surface area (Å²) in [5.74, 6) is 0. The van der Waals surface area contributed by atoms with Crippen molar-refractivity contribution in [3.05, 3.63) is 38.0 Å². The SMILES string of the molecule is C=CCCCC(C)(COCC=C)COCC=C. The van der Waals surface area contributed by atoms with Crippen molar-refractivity contribution in [2.24, 2.45) is 5.41 Å². The second kappa shape index (κ2) is 10.3. The fourth-order valence-corrected chi connectivity index (χ4v) is 1.64. The highest BCUT2D eigenvalue weighted by atomic mass is 16.5. The maximum Gasteiger partial charge on any atom is 0.0645 e. The van der Waals surface area contributed by atoms with Gasteiger partial charge in [0.25, 0.3) is 0 Å². The van der Waals surface area contributed by atoms with Gasteiger partial charge in [0.05, 0.1) is 26.4 Å². The Morgan fingerprint density at radius 2 is 1.47 bits per heavy atom. The van der Waals surface area contributed by atoms with Crippen molar-refractivity contribution >= 4 is 0 Å². The minimum absolute atomic E-state index is 0.0645. The molecule has 0 atom stereocenters. The van der Waals surface area contributed by atoms with Crippen LogP contribution in [0.4, 0.5) is 0 Å². The fraction of sp³-hybridized carbons (Fsp3) is 0.600. The van der Waals surface area contributed by atoms with Crippen LogP contribution in [0.25, 0.3) is 0 Å². The highest BCUT2D eigenvalue weighted by molar-refractivity contribution is 4.78. The Bertz CT molecular complexity index is 185. The lowest BCUT2D eigenvalue weighted by Gasteiger charge is -2.28. The first-order valence-electron chi connectivity index (χ1n) is 6.16. The lowest BCUT2D eigenvalue weighted by Crippen LogP contribution is -2.29. The lowest BCUT2D eigenvalue weighted by molar-refractivity contribution is -0.00389. The molecule has 0 aliphatic heterocycles. The van der Waals surface area contributed by atoms with E-state index in [2.05, 4.69) is 26.7 Å². The third-order valence-electron chi connectivity index (χ3n) is 2.56. The molecule has 0 unspecified atom stereocenters. The van der Waals surface area contributed by atoms with Crippen molar-refractivity contribution in [2.45, 2.75) is 26.2 Å². The molecule has 0 saturated carbocycles. The van der Waals surface area contributed by atoms with Gasteiger partial charge >= 0.3 is 0 Å². The summed E-state index contributed by atoms with van der Waals surface area (Å²) in [6, 6.07) is 0. The van der Waals surface area contributed by atoms with E-state index in [4.69, 9.17) is 9.47 Å². The number of hydrogen-bond donors (Lipinski definition) is 0. The Kier molecular flexibility index (Phi) is 9.78. The van der Waals surface area contributed by atoms with Gasteiger partial charge in [0.1, 0.15) is 0 Å². The summed E-state index contributed by atoms with van der Waals surface area (Å²) in [5.41, 5.74) is 0.0645. The summed E-state index contributed by atoms with van der Waals surface area (Å²) < 4.78 is 11.1. The van der Waals surface area contributed by atoms with Gasteiger partial charge in [-0.1, -0.05) is 25.2 Å². The van der Waals surface area contributed by atoms with Crippen LogP contribution in [0, 0.1) is 5.41 Å². The second-order valence-electron chi connectivity index (χ2n) is 4.60. The minimum atomic E-state index is 0.0645. The van der Waals surface area contributed by atoms with Gasteiger partial charge in [0.15, 0.2) is 0 Å². The van der Waals surface area contributed by atoms with E-state index in [0.717, 1.165) is 19.3 Å². The molecular weight excluding hydrogens is 212 g/mol. The van der Waals surface area contributed by atoms with Crippen LogP contribution >= 0.6 is 0 Å². The van der Waals surface area contributed by atoms with Gasteiger partial charge < -0.3 is 9.47 Å². The molecule has 0 heterocycles. The zero-order chi connectivity index (χ0) is 13.0. The number of allylic oxidation sites excluding steroid dienone is 1. The monoisotopic (exact) mass is 238 g/mol. The average molecular weight is 238 g/mol. The Morgan fingerprint density at radius 3 is 1.88 bits per heavy atom. The first kappa shape index (κ1) is 16.1. The molecule has 0 aliphatic carbocycles. The summed E-state index contributed by atoms with van der Waals surface area (Å²) in [6.07, 6.45) is 8.74. The van der Waals surface area contributed by atoms with E-state index in [0.29, 0.717) is 26.4 Å². The van der Waals surface area contributed by atoms with E-state index in [1.807, 2.05) is 6.08 Å². The highest BCUT2D eigenvalue weighted by Crippen LogP contribution is 2.25. The van der Waals surface area contributed by atoms with Crippen LogP contribution in [0.15, 0.2) is 38.0 Å². The van der Waals surface area contributed by atoms with Crippen LogP contribution in [-0.2, 0) is 9.47 Å². The largest absolute Gasteiger partial charge is 0.377 e. The van der Waals surface area contributed by atoms with Crippen molar-refractivity contribution in [2.75, 3.05) is 26.4 Å². The molecule has 0 aromatic heterocycles. The van der Waals surface area contributed by atoms with Gasteiger partial charge in [0, 0.05) is 5.41 Å². The summed E-state index contributed by atoms with van der Waals surface area (Å²) >= 11 is 0. The van der Waals surface area contributed by atoms with Gasteiger partial charge in [0.2, 0.25) is 0 Å². The molecule has 98 valence electrons. The van der Waals surface area contributed by atoms with E-state index in [-0.39, 0.29) is 5.41 Å². The predicted molar refractivity (Wildman–Crippen MR) is 74.2 cm³/mol. The van der Waals surface area contributed by atoms with Crippen molar-refractivity contribution in [3.8, 4) is 0 Å². The first-order valence-corrected chi connectivity index (χ1v) is 6.16. The van der Waals surface area contributed by atoms with Crippen LogP contribution in [-0.4, -0.2) is 26.4 Å². The first-order chi connectivity index (χ1) is 8.18. The number of ether oxygens (including phenoxy) is 2. The Hall–Kier alpha value is -0.860. The third-order valence-corrected chi connectivity index (χ3v) is 2.56. The number of rotatable bonds is 12. The lowest BCUT2D eigenvalue weighted by atomic mass is 9.86. The van der Waals surface area contributed by atoms with Crippen molar-refractivity contribution in [3.63, 3.8) is 0 Å². The van der Waals surface area contributed by atoms with Crippen LogP contribution in [0.5, 0.6) is 0 Å². The smallest absolute Gasteiger partial charge is 0.0645 e. The number of hydrogen-bond acceptors (Lipinski definition) is 2. The molecule has 0 aromatic rings. The number of unbranched alkanes of at least 4 members (excludes halogenated alkanes) is 1. The molecule has 0 radical (unpaired) electrons. The maximum absolute atomic E-state index is 5.56. The summed E-state index contributed by atoms with van der Waals surface area (Å²) in [4.78, 5) is 0. The normalized spacial score (nSPS) is 11.1. The Labute approximate surface area is 106 Å². The van der Waals surface area contributed by atoms with Crippen LogP contribution < -0.4 is 0 Å². The zero-order valence-corrected chi connectivity index (χ0v) is 11.1. The van der Waals surface area contributed by atoms with Gasteiger partial charge in [-0.15, -0.1) is 19.7 Å².